The molecule has 1 aromatic heterocycles. The number of carboxylic acid groups (broad SMARTS) is 1. The number of nitrogens with two attached hydrogens (primary N) is 1. The van der Waals surface area contributed by atoms with Crippen LogP contribution in [0.4, 0.5) is 4.39 Å². The number of fused-ring (bicyclic) bond motifs is 1. The quantitative estimate of drug-likeness (QED) is 0.482. The highest BCUT2D eigenvalue weighted by molar-refractivity contribution is 6.05. The molecule has 4 rings (SSSR count). The summed E-state index contributed by atoms with van der Waals surface area (Å²) in [6, 6.07) is 19.7. The fraction of sp³-hybridized carbons (Fsp3) is 0.120. The Kier molecular flexibility index (Phi) is 5.29. The highest BCUT2D eigenvalue weighted by atomic mass is 19.1. The maximum Gasteiger partial charge on any atom is 0.336 e. The fourth-order valence-corrected chi connectivity index (χ4v) is 3.80. The lowest BCUT2D eigenvalue weighted by molar-refractivity contribution is 0.0698. The Bertz CT molecular complexity index is 1250. The summed E-state index contributed by atoms with van der Waals surface area (Å²) in [5, 5.41) is 10.4. The van der Waals surface area contributed by atoms with E-state index in [1.165, 1.54) is 6.07 Å². The van der Waals surface area contributed by atoms with Crippen molar-refractivity contribution < 1.29 is 14.3 Å². The first kappa shape index (κ1) is 19.7. The van der Waals surface area contributed by atoms with Crippen molar-refractivity contribution in [2.75, 3.05) is 6.54 Å². The van der Waals surface area contributed by atoms with Gasteiger partial charge in [0.2, 0.25) is 0 Å². The first-order valence-electron chi connectivity index (χ1n) is 9.71. The molecule has 0 saturated carbocycles. The van der Waals surface area contributed by atoms with Crippen LogP contribution in [0.1, 0.15) is 21.5 Å². The molecule has 0 radical (unpaired) electrons. The van der Waals surface area contributed by atoms with Gasteiger partial charge in [0.05, 0.1) is 16.8 Å². The summed E-state index contributed by atoms with van der Waals surface area (Å²) in [7, 11) is 0. The molecule has 0 aliphatic carbocycles. The molecule has 0 spiro atoms. The summed E-state index contributed by atoms with van der Waals surface area (Å²) in [6.45, 7) is 2.19. The number of benzene rings is 3. The molecule has 30 heavy (non-hydrogen) atoms. The van der Waals surface area contributed by atoms with Crippen molar-refractivity contribution in [2.24, 2.45) is 5.73 Å². The van der Waals surface area contributed by atoms with E-state index in [0.29, 0.717) is 46.3 Å². The van der Waals surface area contributed by atoms with Crippen molar-refractivity contribution in [1.29, 1.82) is 0 Å². The van der Waals surface area contributed by atoms with Gasteiger partial charge in [-0.2, -0.15) is 0 Å². The smallest absolute Gasteiger partial charge is 0.336 e. The van der Waals surface area contributed by atoms with Crippen LogP contribution in [-0.4, -0.2) is 22.6 Å². The minimum absolute atomic E-state index is 0.182. The number of rotatable bonds is 5. The predicted molar refractivity (Wildman–Crippen MR) is 117 cm³/mol. The van der Waals surface area contributed by atoms with Gasteiger partial charge in [-0.3, -0.25) is 0 Å². The van der Waals surface area contributed by atoms with Crippen LogP contribution in [-0.2, 0) is 6.42 Å². The Labute approximate surface area is 173 Å². The normalized spacial score (nSPS) is 11.0. The number of hydrogen-bond donors (Lipinski definition) is 2. The minimum Gasteiger partial charge on any atom is -0.478 e. The standard InChI is InChI=1S/C25H21FN2O2/c1-15-23(25(29)30)20-13-16(11-12-27)7-10-22(20)28-24(15)18-8-9-19(21(26)14-18)17-5-3-2-4-6-17/h2-10,13-14H,11-12,27H2,1H3,(H,29,30). The van der Waals surface area contributed by atoms with Gasteiger partial charge in [0.15, 0.2) is 0 Å². The number of carbonyl (C=O) groups is 1. The SMILES string of the molecule is Cc1c(-c2ccc(-c3ccccc3)c(F)c2)nc2ccc(CCN)cc2c1C(=O)O. The fourth-order valence-electron chi connectivity index (χ4n) is 3.80. The van der Waals surface area contributed by atoms with Gasteiger partial charge < -0.3 is 10.8 Å². The highest BCUT2D eigenvalue weighted by Gasteiger charge is 2.19. The van der Waals surface area contributed by atoms with Gasteiger partial charge in [0.1, 0.15) is 5.82 Å². The molecule has 0 unspecified atom stereocenters. The zero-order valence-electron chi connectivity index (χ0n) is 16.5. The number of hydrogen-bond acceptors (Lipinski definition) is 3. The molecule has 0 atom stereocenters. The molecule has 4 nitrogen and oxygen atoms in total. The third-order valence-electron chi connectivity index (χ3n) is 5.27. The van der Waals surface area contributed by atoms with Crippen LogP contribution >= 0.6 is 0 Å². The zero-order chi connectivity index (χ0) is 21.3. The molecule has 0 saturated heterocycles. The summed E-state index contributed by atoms with van der Waals surface area (Å²) < 4.78 is 14.9. The topological polar surface area (TPSA) is 76.2 Å². The van der Waals surface area contributed by atoms with E-state index in [1.54, 1.807) is 25.1 Å². The van der Waals surface area contributed by atoms with Crippen LogP contribution in [0.25, 0.3) is 33.3 Å². The lowest BCUT2D eigenvalue weighted by atomic mass is 9.95. The van der Waals surface area contributed by atoms with Gasteiger partial charge in [0.25, 0.3) is 0 Å². The van der Waals surface area contributed by atoms with Gasteiger partial charge >= 0.3 is 5.97 Å². The Hall–Kier alpha value is -3.57. The molecule has 0 fully saturated rings. The van der Waals surface area contributed by atoms with E-state index in [2.05, 4.69) is 4.98 Å². The van der Waals surface area contributed by atoms with E-state index in [9.17, 15) is 14.3 Å². The van der Waals surface area contributed by atoms with Crippen molar-refractivity contribution in [3.63, 3.8) is 0 Å². The maximum absolute atomic E-state index is 14.9. The number of halogens is 1. The van der Waals surface area contributed by atoms with E-state index >= 15 is 0 Å². The Morgan fingerprint density at radius 1 is 1.03 bits per heavy atom. The van der Waals surface area contributed by atoms with Crippen molar-refractivity contribution >= 4 is 16.9 Å². The third kappa shape index (κ3) is 3.55. The summed E-state index contributed by atoms with van der Waals surface area (Å²) in [5.74, 6) is -1.41. The van der Waals surface area contributed by atoms with Crippen LogP contribution in [0.3, 0.4) is 0 Å². The van der Waals surface area contributed by atoms with Gasteiger partial charge in [-0.25, -0.2) is 14.2 Å². The average molecular weight is 400 g/mol. The van der Waals surface area contributed by atoms with Crippen molar-refractivity contribution in [3.8, 4) is 22.4 Å². The lowest BCUT2D eigenvalue weighted by Crippen LogP contribution is -2.07. The summed E-state index contributed by atoms with van der Waals surface area (Å²) in [6.07, 6.45) is 0.655. The van der Waals surface area contributed by atoms with Crippen molar-refractivity contribution in [1.82, 2.24) is 4.98 Å². The molecule has 0 aliphatic rings. The summed E-state index contributed by atoms with van der Waals surface area (Å²) in [5.41, 5.74) is 10.1. The molecule has 0 aliphatic heterocycles. The molecular weight excluding hydrogens is 379 g/mol. The molecule has 150 valence electrons. The van der Waals surface area contributed by atoms with E-state index in [4.69, 9.17) is 5.73 Å². The number of aromatic carboxylic acids is 1. The Morgan fingerprint density at radius 3 is 2.47 bits per heavy atom. The van der Waals surface area contributed by atoms with Crippen LogP contribution in [0, 0.1) is 12.7 Å². The number of pyridine rings is 1. The number of carboxylic acids is 1. The highest BCUT2D eigenvalue weighted by Crippen LogP contribution is 2.33. The van der Waals surface area contributed by atoms with E-state index in [-0.39, 0.29) is 11.4 Å². The summed E-state index contributed by atoms with van der Waals surface area (Å²) >= 11 is 0. The van der Waals surface area contributed by atoms with Gasteiger partial charge in [-0.15, -0.1) is 0 Å². The van der Waals surface area contributed by atoms with Crippen molar-refractivity contribution in [2.45, 2.75) is 13.3 Å². The second kappa shape index (κ2) is 8.05. The largest absolute Gasteiger partial charge is 0.478 e. The first-order valence-corrected chi connectivity index (χ1v) is 9.71. The third-order valence-corrected chi connectivity index (χ3v) is 5.27. The average Bonchev–Trinajstić information content (AvgIpc) is 2.74. The molecule has 0 amide bonds. The van der Waals surface area contributed by atoms with E-state index < -0.39 is 5.97 Å². The lowest BCUT2D eigenvalue weighted by Gasteiger charge is -2.14. The Morgan fingerprint density at radius 2 is 1.80 bits per heavy atom. The zero-order valence-corrected chi connectivity index (χ0v) is 16.5. The molecule has 4 aromatic rings. The molecule has 1 heterocycles. The molecule has 5 heteroatoms. The number of nitrogens with zero attached hydrogens (tertiary/aromatic N) is 1. The van der Waals surface area contributed by atoms with Gasteiger partial charge in [-0.1, -0.05) is 48.5 Å². The van der Waals surface area contributed by atoms with Crippen LogP contribution in [0.15, 0.2) is 66.7 Å². The minimum atomic E-state index is -1.03. The first-order chi connectivity index (χ1) is 14.5. The van der Waals surface area contributed by atoms with E-state index in [1.807, 2.05) is 42.5 Å². The van der Waals surface area contributed by atoms with Crippen molar-refractivity contribution in [3.05, 3.63) is 89.2 Å². The summed E-state index contributed by atoms with van der Waals surface area (Å²) in [4.78, 5) is 16.7. The van der Waals surface area contributed by atoms with Crippen LogP contribution in [0.5, 0.6) is 0 Å². The van der Waals surface area contributed by atoms with Crippen LogP contribution in [0.2, 0.25) is 0 Å². The van der Waals surface area contributed by atoms with E-state index in [0.717, 1.165) is 11.1 Å². The molecule has 0 bridgehead atoms. The molecule has 3 N–H and O–H groups in total. The number of aromatic nitrogens is 1. The van der Waals surface area contributed by atoms with Gasteiger partial charge in [-0.05, 0) is 54.8 Å². The molecular formula is C25H21FN2O2. The molecule has 3 aromatic carbocycles. The van der Waals surface area contributed by atoms with Gasteiger partial charge in [0, 0.05) is 16.5 Å². The Balaban J connectivity index is 1.89. The predicted octanol–water partition coefficient (Wildman–Crippen LogP) is 5.22. The van der Waals surface area contributed by atoms with Crippen LogP contribution < -0.4 is 5.73 Å². The maximum atomic E-state index is 14.9. The second-order valence-corrected chi connectivity index (χ2v) is 7.22. The second-order valence-electron chi connectivity index (χ2n) is 7.22. The monoisotopic (exact) mass is 400 g/mol.